The molecule has 1 aromatic heterocycles. The van der Waals surface area contributed by atoms with E-state index >= 15 is 0 Å². The molecule has 3 rings (SSSR count). The van der Waals surface area contributed by atoms with Crippen molar-refractivity contribution in [3.05, 3.63) is 35.9 Å². The molecule has 1 aromatic carbocycles. The third-order valence-corrected chi connectivity index (χ3v) is 3.21. The van der Waals surface area contributed by atoms with Crippen LogP contribution in [-0.2, 0) is 17.7 Å². The second kappa shape index (κ2) is 4.92. The van der Waals surface area contributed by atoms with Crippen LogP contribution in [0.5, 0.6) is 0 Å². The second-order valence-corrected chi connectivity index (χ2v) is 4.63. The summed E-state index contributed by atoms with van der Waals surface area (Å²) in [4.78, 5) is 15.2. The Morgan fingerprint density at radius 2 is 2.15 bits per heavy atom. The Kier molecular flexibility index (Phi) is 3.09. The van der Waals surface area contributed by atoms with Crippen LogP contribution in [0.1, 0.15) is 12.2 Å². The van der Waals surface area contributed by atoms with Gasteiger partial charge in [-0.1, -0.05) is 0 Å². The van der Waals surface area contributed by atoms with Crippen molar-refractivity contribution in [2.75, 3.05) is 0 Å². The molecule has 2 N–H and O–H groups in total. The van der Waals surface area contributed by atoms with E-state index in [1.54, 1.807) is 16.8 Å². The highest BCUT2D eigenvalue weighted by molar-refractivity contribution is 5.64. The maximum atomic E-state index is 12.9. The van der Waals surface area contributed by atoms with Crippen LogP contribution >= 0.6 is 0 Å². The van der Waals surface area contributed by atoms with E-state index in [2.05, 4.69) is 10.1 Å². The van der Waals surface area contributed by atoms with Crippen molar-refractivity contribution in [2.45, 2.75) is 25.5 Å². The summed E-state index contributed by atoms with van der Waals surface area (Å²) in [5.74, 6) is 0.981. The molecular weight excluding hydrogens is 263 g/mol. The molecule has 1 aliphatic heterocycles. The number of benzene rings is 1. The van der Waals surface area contributed by atoms with Gasteiger partial charge in [0.2, 0.25) is 0 Å². The third kappa shape index (κ3) is 2.47. The van der Waals surface area contributed by atoms with Gasteiger partial charge in [-0.25, -0.2) is 18.9 Å². The summed E-state index contributed by atoms with van der Waals surface area (Å²) in [5.41, 5.74) is 5.76. The Bertz CT molecular complexity index is 638. The molecular formula is C13H13FN4O2. The Morgan fingerprint density at radius 1 is 1.40 bits per heavy atom. The fraction of sp³-hybridized carbons (Fsp3) is 0.308. The maximum absolute atomic E-state index is 12.9. The normalized spacial score (nSPS) is 17.6. The molecule has 0 radical (unpaired) electrons. The fourth-order valence-corrected chi connectivity index (χ4v) is 2.26. The molecule has 0 spiro atoms. The van der Waals surface area contributed by atoms with E-state index < -0.39 is 6.09 Å². The topological polar surface area (TPSA) is 83.0 Å². The van der Waals surface area contributed by atoms with Gasteiger partial charge in [-0.2, -0.15) is 5.10 Å². The number of carbonyl (C=O) groups is 1. The smallest absolute Gasteiger partial charge is 0.404 e. The SMILES string of the molecule is NC(=O)OC1CCn2nc(-c3ccc(F)cc3)nc2C1. The van der Waals surface area contributed by atoms with Gasteiger partial charge < -0.3 is 10.5 Å². The number of carbonyl (C=O) groups excluding carboxylic acids is 1. The van der Waals surface area contributed by atoms with Crippen LogP contribution in [0.4, 0.5) is 9.18 Å². The number of hydrogen-bond acceptors (Lipinski definition) is 4. The number of hydrogen-bond donors (Lipinski definition) is 1. The summed E-state index contributed by atoms with van der Waals surface area (Å²) >= 11 is 0. The fourth-order valence-electron chi connectivity index (χ4n) is 2.26. The van der Waals surface area contributed by atoms with E-state index in [0.717, 1.165) is 11.4 Å². The number of rotatable bonds is 2. The third-order valence-electron chi connectivity index (χ3n) is 3.21. The molecule has 2 aromatic rings. The highest BCUT2D eigenvalue weighted by Crippen LogP contribution is 2.21. The first-order valence-corrected chi connectivity index (χ1v) is 6.27. The van der Waals surface area contributed by atoms with Crippen molar-refractivity contribution in [2.24, 2.45) is 5.73 Å². The molecule has 0 aliphatic carbocycles. The first-order valence-electron chi connectivity index (χ1n) is 6.27. The predicted octanol–water partition coefficient (Wildman–Crippen LogP) is 1.49. The van der Waals surface area contributed by atoms with Gasteiger partial charge in [-0.3, -0.25) is 0 Å². The largest absolute Gasteiger partial charge is 0.446 e. The zero-order valence-corrected chi connectivity index (χ0v) is 10.6. The number of amides is 1. The minimum Gasteiger partial charge on any atom is -0.446 e. The van der Waals surface area contributed by atoms with Gasteiger partial charge in [-0.15, -0.1) is 0 Å². The van der Waals surface area contributed by atoms with Gasteiger partial charge in [-0.05, 0) is 24.3 Å². The number of primary amides is 1. The van der Waals surface area contributed by atoms with Gasteiger partial charge in [0.05, 0.1) is 0 Å². The van der Waals surface area contributed by atoms with Crippen LogP contribution < -0.4 is 5.73 Å². The monoisotopic (exact) mass is 276 g/mol. The quantitative estimate of drug-likeness (QED) is 0.900. The summed E-state index contributed by atoms with van der Waals surface area (Å²) < 4.78 is 19.7. The zero-order chi connectivity index (χ0) is 14.1. The Hall–Kier alpha value is -2.44. The van der Waals surface area contributed by atoms with Gasteiger partial charge in [0.15, 0.2) is 5.82 Å². The number of halogens is 1. The molecule has 0 bridgehead atoms. The van der Waals surface area contributed by atoms with E-state index in [-0.39, 0.29) is 11.9 Å². The number of aromatic nitrogens is 3. The summed E-state index contributed by atoms with van der Waals surface area (Å²) in [6.07, 6.45) is 0.103. The Morgan fingerprint density at radius 3 is 2.85 bits per heavy atom. The van der Waals surface area contributed by atoms with Crippen LogP contribution in [0.25, 0.3) is 11.4 Å². The van der Waals surface area contributed by atoms with Crippen LogP contribution in [0.15, 0.2) is 24.3 Å². The van der Waals surface area contributed by atoms with E-state index in [1.807, 2.05) is 0 Å². The van der Waals surface area contributed by atoms with Gasteiger partial charge >= 0.3 is 6.09 Å². The van der Waals surface area contributed by atoms with Crippen LogP contribution in [0, 0.1) is 5.82 Å². The maximum Gasteiger partial charge on any atom is 0.404 e. The highest BCUT2D eigenvalue weighted by Gasteiger charge is 2.24. The second-order valence-electron chi connectivity index (χ2n) is 4.63. The van der Waals surface area contributed by atoms with Crippen molar-refractivity contribution in [1.82, 2.24) is 14.8 Å². The summed E-state index contributed by atoms with van der Waals surface area (Å²) in [6, 6.07) is 6.00. The molecule has 0 fully saturated rings. The number of aryl methyl sites for hydroxylation is 1. The van der Waals surface area contributed by atoms with Crippen molar-refractivity contribution in [3.8, 4) is 11.4 Å². The lowest BCUT2D eigenvalue weighted by Crippen LogP contribution is -2.30. The van der Waals surface area contributed by atoms with Crippen molar-refractivity contribution in [3.63, 3.8) is 0 Å². The summed E-state index contributed by atoms with van der Waals surface area (Å²) in [5, 5.41) is 4.38. The first kappa shape index (κ1) is 12.6. The van der Waals surface area contributed by atoms with Crippen LogP contribution in [-0.4, -0.2) is 27.0 Å². The molecule has 1 aliphatic rings. The van der Waals surface area contributed by atoms with E-state index in [0.29, 0.717) is 25.2 Å². The Balaban J connectivity index is 1.83. The number of ether oxygens (including phenoxy) is 1. The lowest BCUT2D eigenvalue weighted by atomic mass is 10.1. The molecule has 6 nitrogen and oxygen atoms in total. The van der Waals surface area contributed by atoms with Crippen molar-refractivity contribution >= 4 is 6.09 Å². The van der Waals surface area contributed by atoms with E-state index in [4.69, 9.17) is 10.5 Å². The lowest BCUT2D eigenvalue weighted by molar-refractivity contribution is 0.0879. The first-order chi connectivity index (χ1) is 9.61. The average Bonchev–Trinajstić information content (AvgIpc) is 2.81. The minimum atomic E-state index is -0.776. The van der Waals surface area contributed by atoms with Crippen LogP contribution in [0.2, 0.25) is 0 Å². The van der Waals surface area contributed by atoms with Crippen LogP contribution in [0.3, 0.4) is 0 Å². The number of nitrogens with two attached hydrogens (primary N) is 1. The van der Waals surface area contributed by atoms with Gasteiger partial charge in [0.25, 0.3) is 0 Å². The molecule has 1 amide bonds. The molecule has 2 heterocycles. The van der Waals surface area contributed by atoms with Gasteiger partial charge in [0, 0.05) is 24.9 Å². The molecule has 1 atom stereocenters. The number of fused-ring (bicyclic) bond motifs is 1. The minimum absolute atomic E-state index is 0.259. The average molecular weight is 276 g/mol. The zero-order valence-electron chi connectivity index (χ0n) is 10.6. The number of nitrogens with zero attached hydrogens (tertiary/aromatic N) is 3. The van der Waals surface area contributed by atoms with E-state index in [1.165, 1.54) is 12.1 Å². The highest BCUT2D eigenvalue weighted by atomic mass is 19.1. The summed E-state index contributed by atoms with van der Waals surface area (Å²) in [6.45, 7) is 0.613. The van der Waals surface area contributed by atoms with Gasteiger partial charge in [0.1, 0.15) is 17.7 Å². The molecule has 104 valence electrons. The molecule has 7 heteroatoms. The van der Waals surface area contributed by atoms with Crippen molar-refractivity contribution in [1.29, 1.82) is 0 Å². The summed E-state index contributed by atoms with van der Waals surface area (Å²) in [7, 11) is 0. The molecule has 20 heavy (non-hydrogen) atoms. The predicted molar refractivity (Wildman–Crippen MR) is 68.2 cm³/mol. The van der Waals surface area contributed by atoms with E-state index in [9.17, 15) is 9.18 Å². The van der Waals surface area contributed by atoms with Crippen molar-refractivity contribution < 1.29 is 13.9 Å². The lowest BCUT2D eigenvalue weighted by Gasteiger charge is -2.21. The molecule has 1 unspecified atom stereocenters. The standard InChI is InChI=1S/C13H13FN4O2/c14-9-3-1-8(2-4-9)12-16-11-7-10(20-13(15)19)5-6-18(11)17-12/h1-4,10H,5-7H2,(H2,15,19). The molecule has 0 saturated heterocycles. The Labute approximate surface area is 114 Å². The molecule has 0 saturated carbocycles.